The third-order valence-corrected chi connectivity index (χ3v) is 7.12. The fraction of sp³-hybridized carbons (Fsp3) is 0.316. The van der Waals surface area contributed by atoms with Gasteiger partial charge in [-0.25, -0.2) is 8.42 Å². The SMILES string of the molecule is C[C@H]1CCCCN1S(=O)(=O)c1ccc(C(=O)Nc2ccc(Br)cc2)cc1. The molecule has 0 spiro atoms. The van der Waals surface area contributed by atoms with Gasteiger partial charge in [0, 0.05) is 28.3 Å². The Hall–Kier alpha value is -1.70. The van der Waals surface area contributed by atoms with E-state index in [0.717, 1.165) is 23.7 Å². The van der Waals surface area contributed by atoms with E-state index in [-0.39, 0.29) is 16.8 Å². The van der Waals surface area contributed by atoms with Crippen LogP contribution in [-0.2, 0) is 10.0 Å². The Morgan fingerprint density at radius 2 is 1.73 bits per heavy atom. The van der Waals surface area contributed by atoms with Crippen LogP contribution in [0.5, 0.6) is 0 Å². The molecule has 1 atom stereocenters. The van der Waals surface area contributed by atoms with Gasteiger partial charge in [0.1, 0.15) is 0 Å². The molecule has 0 unspecified atom stereocenters. The maximum absolute atomic E-state index is 12.8. The molecule has 138 valence electrons. The lowest BCUT2D eigenvalue weighted by Gasteiger charge is -2.32. The van der Waals surface area contributed by atoms with E-state index in [1.54, 1.807) is 28.6 Å². The number of amides is 1. The average Bonchev–Trinajstić information content (AvgIpc) is 2.64. The van der Waals surface area contributed by atoms with E-state index >= 15 is 0 Å². The van der Waals surface area contributed by atoms with Gasteiger partial charge in [-0.1, -0.05) is 22.4 Å². The number of sulfonamides is 1. The molecule has 0 aromatic heterocycles. The van der Waals surface area contributed by atoms with Gasteiger partial charge in [-0.15, -0.1) is 0 Å². The molecule has 2 aromatic rings. The number of piperidine rings is 1. The largest absolute Gasteiger partial charge is 0.322 e. The number of nitrogens with zero attached hydrogens (tertiary/aromatic N) is 1. The molecule has 1 aliphatic heterocycles. The zero-order chi connectivity index (χ0) is 18.7. The summed E-state index contributed by atoms with van der Waals surface area (Å²) in [5, 5.41) is 2.79. The van der Waals surface area contributed by atoms with Gasteiger partial charge in [0.15, 0.2) is 0 Å². The Balaban J connectivity index is 1.75. The summed E-state index contributed by atoms with van der Waals surface area (Å²) in [6, 6.07) is 13.4. The van der Waals surface area contributed by atoms with E-state index in [1.807, 2.05) is 19.1 Å². The summed E-state index contributed by atoms with van der Waals surface area (Å²) in [5.74, 6) is -0.275. The highest BCUT2D eigenvalue weighted by Crippen LogP contribution is 2.25. The number of anilines is 1. The molecule has 0 radical (unpaired) electrons. The summed E-state index contributed by atoms with van der Waals surface area (Å²) in [6.07, 6.45) is 2.83. The smallest absolute Gasteiger partial charge is 0.255 e. The van der Waals surface area contributed by atoms with E-state index in [0.29, 0.717) is 17.8 Å². The second kappa shape index (κ2) is 7.90. The van der Waals surface area contributed by atoms with Crippen molar-refractivity contribution in [3.8, 4) is 0 Å². The predicted molar refractivity (Wildman–Crippen MR) is 106 cm³/mol. The van der Waals surface area contributed by atoms with E-state index in [9.17, 15) is 13.2 Å². The first-order chi connectivity index (χ1) is 12.4. The van der Waals surface area contributed by atoms with Crippen LogP contribution in [0, 0.1) is 0 Å². The van der Waals surface area contributed by atoms with Crippen molar-refractivity contribution in [3.05, 3.63) is 58.6 Å². The van der Waals surface area contributed by atoms with Gasteiger partial charge < -0.3 is 5.32 Å². The van der Waals surface area contributed by atoms with Crippen molar-refractivity contribution in [2.24, 2.45) is 0 Å². The molecule has 0 bridgehead atoms. The van der Waals surface area contributed by atoms with Crippen LogP contribution in [0.3, 0.4) is 0 Å². The van der Waals surface area contributed by atoms with Gasteiger partial charge in [-0.2, -0.15) is 4.31 Å². The zero-order valence-corrected chi connectivity index (χ0v) is 16.9. The second-order valence-electron chi connectivity index (χ2n) is 6.45. The molecule has 1 amide bonds. The number of halogens is 1. The summed E-state index contributed by atoms with van der Waals surface area (Å²) < 4.78 is 28.1. The Morgan fingerprint density at radius 3 is 2.35 bits per heavy atom. The fourth-order valence-corrected chi connectivity index (χ4v) is 5.04. The molecule has 5 nitrogen and oxygen atoms in total. The van der Waals surface area contributed by atoms with Gasteiger partial charge >= 0.3 is 0 Å². The standard InChI is InChI=1S/C19H21BrN2O3S/c1-14-4-2-3-13-22(14)26(24,25)18-11-5-15(6-12-18)19(23)21-17-9-7-16(20)8-10-17/h5-12,14H,2-4,13H2,1H3,(H,21,23)/t14-/m0/s1. The van der Waals surface area contributed by atoms with Crippen LogP contribution in [0.2, 0.25) is 0 Å². The number of carbonyl (C=O) groups is 1. The number of nitrogens with one attached hydrogen (secondary N) is 1. The van der Waals surface area contributed by atoms with Crippen LogP contribution in [0.4, 0.5) is 5.69 Å². The Morgan fingerprint density at radius 1 is 1.08 bits per heavy atom. The van der Waals surface area contributed by atoms with Crippen molar-refractivity contribution in [1.82, 2.24) is 4.31 Å². The molecule has 1 saturated heterocycles. The van der Waals surface area contributed by atoms with Crippen LogP contribution in [0.25, 0.3) is 0 Å². The van der Waals surface area contributed by atoms with Crippen molar-refractivity contribution < 1.29 is 13.2 Å². The topological polar surface area (TPSA) is 66.5 Å². The average molecular weight is 437 g/mol. The van der Waals surface area contributed by atoms with Gasteiger partial charge in [0.05, 0.1) is 4.90 Å². The molecule has 1 N–H and O–H groups in total. The van der Waals surface area contributed by atoms with Crippen LogP contribution in [-0.4, -0.2) is 31.2 Å². The van der Waals surface area contributed by atoms with Crippen LogP contribution in [0.1, 0.15) is 36.5 Å². The molecular formula is C19H21BrN2O3S. The van der Waals surface area contributed by atoms with Gasteiger partial charge in [-0.05, 0) is 68.3 Å². The molecule has 1 aliphatic rings. The van der Waals surface area contributed by atoms with Crippen molar-refractivity contribution in [2.75, 3.05) is 11.9 Å². The lowest BCUT2D eigenvalue weighted by molar-refractivity contribution is 0.102. The van der Waals surface area contributed by atoms with E-state index < -0.39 is 10.0 Å². The van der Waals surface area contributed by atoms with Crippen molar-refractivity contribution in [1.29, 1.82) is 0 Å². The molecular weight excluding hydrogens is 416 g/mol. The highest BCUT2D eigenvalue weighted by atomic mass is 79.9. The van der Waals surface area contributed by atoms with E-state index in [1.165, 1.54) is 12.1 Å². The minimum Gasteiger partial charge on any atom is -0.322 e. The quantitative estimate of drug-likeness (QED) is 0.777. The summed E-state index contributed by atoms with van der Waals surface area (Å²) in [4.78, 5) is 12.6. The van der Waals surface area contributed by atoms with Gasteiger partial charge in [-0.3, -0.25) is 4.79 Å². The van der Waals surface area contributed by atoms with Gasteiger partial charge in [0.2, 0.25) is 10.0 Å². The molecule has 1 heterocycles. The molecule has 26 heavy (non-hydrogen) atoms. The zero-order valence-electron chi connectivity index (χ0n) is 14.5. The predicted octanol–water partition coefficient (Wildman–Crippen LogP) is 4.26. The van der Waals surface area contributed by atoms with Crippen LogP contribution in [0.15, 0.2) is 57.9 Å². The van der Waals surface area contributed by atoms with Gasteiger partial charge in [0.25, 0.3) is 5.91 Å². The first-order valence-corrected chi connectivity index (χ1v) is 10.8. The molecule has 2 aromatic carbocycles. The number of benzene rings is 2. The first kappa shape index (κ1) is 19.1. The maximum Gasteiger partial charge on any atom is 0.255 e. The van der Waals surface area contributed by atoms with Crippen molar-refractivity contribution in [2.45, 2.75) is 37.1 Å². The fourth-order valence-electron chi connectivity index (χ4n) is 3.08. The third kappa shape index (κ3) is 4.16. The Kier molecular flexibility index (Phi) is 5.79. The third-order valence-electron chi connectivity index (χ3n) is 4.57. The summed E-state index contributed by atoms with van der Waals surface area (Å²) in [7, 11) is -3.52. The number of hydrogen-bond acceptors (Lipinski definition) is 3. The molecule has 1 fully saturated rings. The Bertz CT molecular complexity index is 880. The monoisotopic (exact) mass is 436 g/mol. The molecule has 0 saturated carbocycles. The first-order valence-electron chi connectivity index (χ1n) is 8.57. The van der Waals surface area contributed by atoms with Crippen LogP contribution >= 0.6 is 15.9 Å². The summed E-state index contributed by atoms with van der Waals surface area (Å²) >= 11 is 3.35. The molecule has 3 rings (SSSR count). The highest BCUT2D eigenvalue weighted by molar-refractivity contribution is 9.10. The second-order valence-corrected chi connectivity index (χ2v) is 9.25. The van der Waals surface area contributed by atoms with Crippen molar-refractivity contribution >= 4 is 37.5 Å². The highest BCUT2D eigenvalue weighted by Gasteiger charge is 2.30. The minimum atomic E-state index is -3.52. The maximum atomic E-state index is 12.8. The lowest BCUT2D eigenvalue weighted by Crippen LogP contribution is -2.41. The van der Waals surface area contributed by atoms with Crippen LogP contribution < -0.4 is 5.32 Å². The van der Waals surface area contributed by atoms with Crippen molar-refractivity contribution in [3.63, 3.8) is 0 Å². The summed E-state index contributed by atoms with van der Waals surface area (Å²) in [6.45, 7) is 2.49. The number of hydrogen-bond donors (Lipinski definition) is 1. The lowest BCUT2D eigenvalue weighted by atomic mass is 10.1. The van der Waals surface area contributed by atoms with E-state index in [2.05, 4.69) is 21.2 Å². The Labute approximate surface area is 162 Å². The van der Waals surface area contributed by atoms with E-state index in [4.69, 9.17) is 0 Å². The molecule has 0 aliphatic carbocycles. The number of rotatable bonds is 4. The molecule has 7 heteroatoms. The summed E-state index contributed by atoms with van der Waals surface area (Å²) in [5.41, 5.74) is 1.09. The number of carbonyl (C=O) groups excluding carboxylic acids is 1. The normalized spacial score (nSPS) is 18.5. The minimum absolute atomic E-state index is 0.00845.